The zero-order valence-electron chi connectivity index (χ0n) is 13.0. The van der Waals surface area contributed by atoms with E-state index in [0.717, 1.165) is 5.56 Å². The van der Waals surface area contributed by atoms with Gasteiger partial charge in [0.25, 0.3) is 0 Å². The maximum atomic E-state index is 11.4. The Morgan fingerprint density at radius 1 is 1.17 bits per heavy atom. The van der Waals surface area contributed by atoms with Crippen LogP contribution in [0.4, 0.5) is 5.69 Å². The molecule has 0 bridgehead atoms. The predicted octanol–water partition coefficient (Wildman–Crippen LogP) is 3.40. The van der Waals surface area contributed by atoms with Gasteiger partial charge in [-0.05, 0) is 23.8 Å². The first-order valence-corrected chi connectivity index (χ1v) is 7.38. The number of hydrogen-bond donors (Lipinski definition) is 3. The zero-order chi connectivity index (χ0) is 17.1. The molecule has 6 heteroatoms. The molecule has 1 heterocycles. The van der Waals surface area contributed by atoms with Crippen LogP contribution in [0.5, 0.6) is 5.75 Å². The summed E-state index contributed by atoms with van der Waals surface area (Å²) >= 11 is 0. The molecule has 24 heavy (non-hydrogen) atoms. The second-order valence-corrected chi connectivity index (χ2v) is 5.34. The molecule has 0 fully saturated rings. The SMILES string of the molecule is CC(=O)Nc1c(C(=O)O)[nH]c2ccc(OCc3ccccc3)cc12. The fraction of sp³-hybridized carbons (Fsp3) is 0.111. The van der Waals surface area contributed by atoms with Crippen LogP contribution in [0.1, 0.15) is 23.0 Å². The monoisotopic (exact) mass is 324 g/mol. The molecule has 1 aromatic heterocycles. The van der Waals surface area contributed by atoms with Crippen LogP contribution in [-0.4, -0.2) is 22.0 Å². The number of carboxylic acid groups (broad SMARTS) is 1. The minimum atomic E-state index is -1.14. The third kappa shape index (κ3) is 3.22. The summed E-state index contributed by atoms with van der Waals surface area (Å²) in [5.41, 5.74) is 1.83. The van der Waals surface area contributed by atoms with Crippen molar-refractivity contribution in [3.05, 3.63) is 59.8 Å². The number of H-pyrrole nitrogens is 1. The molecule has 6 nitrogen and oxygen atoms in total. The van der Waals surface area contributed by atoms with E-state index >= 15 is 0 Å². The standard InChI is InChI=1S/C18H16N2O4/c1-11(21)19-16-14-9-13(24-10-12-5-3-2-4-6-12)7-8-15(14)20-17(16)18(22)23/h2-9,20H,10H2,1H3,(H,19,21)(H,22,23). The van der Waals surface area contributed by atoms with E-state index in [1.165, 1.54) is 6.92 Å². The van der Waals surface area contributed by atoms with Crippen molar-refractivity contribution in [2.24, 2.45) is 0 Å². The second kappa shape index (κ2) is 6.45. The average Bonchev–Trinajstić information content (AvgIpc) is 2.91. The van der Waals surface area contributed by atoms with Crippen molar-refractivity contribution in [3.8, 4) is 5.75 Å². The van der Waals surface area contributed by atoms with E-state index < -0.39 is 5.97 Å². The van der Waals surface area contributed by atoms with Crippen LogP contribution in [0, 0.1) is 0 Å². The largest absolute Gasteiger partial charge is 0.489 e. The first-order valence-electron chi connectivity index (χ1n) is 7.38. The molecule has 0 aliphatic heterocycles. The summed E-state index contributed by atoms with van der Waals surface area (Å²) < 4.78 is 5.76. The molecule has 0 aliphatic carbocycles. The summed E-state index contributed by atoms with van der Waals surface area (Å²) in [6.45, 7) is 1.73. The summed E-state index contributed by atoms with van der Waals surface area (Å²) in [5.74, 6) is -0.885. The molecule has 2 aromatic carbocycles. The van der Waals surface area contributed by atoms with Crippen molar-refractivity contribution < 1.29 is 19.4 Å². The number of aromatic amines is 1. The number of hydrogen-bond acceptors (Lipinski definition) is 3. The number of rotatable bonds is 5. The van der Waals surface area contributed by atoms with Gasteiger partial charge in [-0.15, -0.1) is 0 Å². The van der Waals surface area contributed by atoms with Gasteiger partial charge < -0.3 is 20.1 Å². The van der Waals surface area contributed by atoms with Gasteiger partial charge in [-0.2, -0.15) is 0 Å². The first kappa shape index (κ1) is 15.6. The molecule has 1 amide bonds. The van der Waals surface area contributed by atoms with E-state index in [0.29, 0.717) is 23.3 Å². The van der Waals surface area contributed by atoms with E-state index in [1.807, 2.05) is 30.3 Å². The van der Waals surface area contributed by atoms with Gasteiger partial charge in [-0.25, -0.2) is 4.79 Å². The number of benzene rings is 2. The Morgan fingerprint density at radius 2 is 1.92 bits per heavy atom. The molecule has 0 atom stereocenters. The number of aromatic nitrogens is 1. The van der Waals surface area contributed by atoms with Crippen LogP contribution in [0.2, 0.25) is 0 Å². The molecule has 3 aromatic rings. The Labute approximate surface area is 138 Å². The van der Waals surface area contributed by atoms with E-state index in [1.54, 1.807) is 18.2 Å². The minimum Gasteiger partial charge on any atom is -0.489 e. The number of carbonyl (C=O) groups is 2. The fourth-order valence-electron chi connectivity index (χ4n) is 2.47. The van der Waals surface area contributed by atoms with E-state index in [-0.39, 0.29) is 17.3 Å². The maximum absolute atomic E-state index is 11.4. The van der Waals surface area contributed by atoms with E-state index in [2.05, 4.69) is 10.3 Å². The summed E-state index contributed by atoms with van der Waals surface area (Å²) in [5, 5.41) is 12.5. The lowest BCUT2D eigenvalue weighted by molar-refractivity contribution is -0.114. The third-order valence-corrected chi connectivity index (χ3v) is 3.53. The Kier molecular flexibility index (Phi) is 4.20. The number of anilines is 1. The highest BCUT2D eigenvalue weighted by Gasteiger charge is 2.18. The van der Waals surface area contributed by atoms with Crippen molar-refractivity contribution in [2.75, 3.05) is 5.32 Å². The summed E-state index contributed by atoms with van der Waals surface area (Å²) in [6.07, 6.45) is 0. The molecule has 3 rings (SSSR count). The van der Waals surface area contributed by atoms with Gasteiger partial charge in [0.1, 0.15) is 18.1 Å². The second-order valence-electron chi connectivity index (χ2n) is 5.34. The third-order valence-electron chi connectivity index (χ3n) is 3.53. The highest BCUT2D eigenvalue weighted by atomic mass is 16.5. The van der Waals surface area contributed by atoms with Crippen LogP contribution in [0.25, 0.3) is 10.9 Å². The van der Waals surface area contributed by atoms with Crippen molar-refractivity contribution in [1.82, 2.24) is 4.98 Å². The predicted molar refractivity (Wildman–Crippen MR) is 90.3 cm³/mol. The molecular formula is C18H16N2O4. The highest BCUT2D eigenvalue weighted by molar-refractivity contribution is 6.10. The molecule has 0 radical (unpaired) electrons. The van der Waals surface area contributed by atoms with Crippen LogP contribution < -0.4 is 10.1 Å². The molecule has 122 valence electrons. The Bertz CT molecular complexity index is 900. The maximum Gasteiger partial charge on any atom is 0.354 e. The summed E-state index contributed by atoms with van der Waals surface area (Å²) in [6, 6.07) is 14.9. The Hall–Kier alpha value is -3.28. The zero-order valence-corrected chi connectivity index (χ0v) is 13.0. The van der Waals surface area contributed by atoms with Crippen molar-refractivity contribution in [1.29, 1.82) is 0 Å². The molecule has 0 saturated heterocycles. The van der Waals surface area contributed by atoms with Crippen LogP contribution in [0.15, 0.2) is 48.5 Å². The lowest BCUT2D eigenvalue weighted by atomic mass is 10.2. The van der Waals surface area contributed by atoms with Crippen molar-refractivity contribution >= 4 is 28.5 Å². The number of amides is 1. The number of carbonyl (C=O) groups excluding carboxylic acids is 1. The number of fused-ring (bicyclic) bond motifs is 1. The molecule has 3 N–H and O–H groups in total. The Balaban J connectivity index is 1.94. The lowest BCUT2D eigenvalue weighted by Crippen LogP contribution is -2.09. The van der Waals surface area contributed by atoms with E-state index in [4.69, 9.17) is 4.74 Å². The topological polar surface area (TPSA) is 91.4 Å². The normalized spacial score (nSPS) is 10.5. The van der Waals surface area contributed by atoms with Crippen LogP contribution in [0.3, 0.4) is 0 Å². The molecule has 0 spiro atoms. The highest BCUT2D eigenvalue weighted by Crippen LogP contribution is 2.31. The van der Waals surface area contributed by atoms with Gasteiger partial charge >= 0.3 is 5.97 Å². The molecule has 0 aliphatic rings. The van der Waals surface area contributed by atoms with Gasteiger partial charge in [0.15, 0.2) is 0 Å². The van der Waals surface area contributed by atoms with Gasteiger partial charge in [0, 0.05) is 17.8 Å². The van der Waals surface area contributed by atoms with Gasteiger partial charge in [-0.1, -0.05) is 30.3 Å². The van der Waals surface area contributed by atoms with E-state index in [9.17, 15) is 14.7 Å². The van der Waals surface area contributed by atoms with Crippen molar-refractivity contribution in [3.63, 3.8) is 0 Å². The minimum absolute atomic E-state index is 0.0552. The van der Waals surface area contributed by atoms with Gasteiger partial charge in [0.2, 0.25) is 5.91 Å². The van der Waals surface area contributed by atoms with Crippen LogP contribution >= 0.6 is 0 Å². The van der Waals surface area contributed by atoms with Crippen LogP contribution in [-0.2, 0) is 11.4 Å². The quantitative estimate of drug-likeness (QED) is 0.671. The molecule has 0 unspecified atom stereocenters. The smallest absolute Gasteiger partial charge is 0.354 e. The fourth-order valence-corrected chi connectivity index (χ4v) is 2.47. The molecular weight excluding hydrogens is 308 g/mol. The summed E-state index contributed by atoms with van der Waals surface area (Å²) in [4.78, 5) is 25.5. The number of aromatic carboxylic acids is 1. The lowest BCUT2D eigenvalue weighted by Gasteiger charge is -2.07. The van der Waals surface area contributed by atoms with Gasteiger partial charge in [-0.3, -0.25) is 4.79 Å². The average molecular weight is 324 g/mol. The summed E-state index contributed by atoms with van der Waals surface area (Å²) in [7, 11) is 0. The first-order chi connectivity index (χ1) is 11.5. The number of nitrogens with one attached hydrogen (secondary N) is 2. The van der Waals surface area contributed by atoms with Crippen molar-refractivity contribution in [2.45, 2.75) is 13.5 Å². The number of carboxylic acids is 1. The molecule has 0 saturated carbocycles. The number of ether oxygens (including phenoxy) is 1. The van der Waals surface area contributed by atoms with Gasteiger partial charge in [0.05, 0.1) is 5.69 Å². The Morgan fingerprint density at radius 3 is 2.58 bits per heavy atom.